The van der Waals surface area contributed by atoms with Gasteiger partial charge in [0.1, 0.15) is 22.9 Å². The summed E-state index contributed by atoms with van der Waals surface area (Å²) < 4.78 is 42.0. The van der Waals surface area contributed by atoms with E-state index in [1.54, 1.807) is 31.3 Å². The van der Waals surface area contributed by atoms with Gasteiger partial charge in [-0.3, -0.25) is 0 Å². The van der Waals surface area contributed by atoms with E-state index in [9.17, 15) is 13.3 Å². The molecule has 0 aliphatic heterocycles. The van der Waals surface area contributed by atoms with E-state index in [1.807, 2.05) is 0 Å². The summed E-state index contributed by atoms with van der Waals surface area (Å²) in [6.07, 6.45) is 1.58. The van der Waals surface area contributed by atoms with E-state index < -0.39 is 23.0 Å². The molecule has 0 fully saturated rings. The maximum absolute atomic E-state index is 13.6. The van der Waals surface area contributed by atoms with Crippen LogP contribution in [0.2, 0.25) is 0 Å². The standard InChI is InChI=1S/C13H12BrF2N3OS/c1-19(2)13-12(5-8(14)7-17-13)21(20)18-11-4-3-9(15)6-10(11)16/h3-7,18H,1-2H3. The Kier molecular flexibility index (Phi) is 5.02. The Bertz CT molecular complexity index is 657. The Morgan fingerprint density at radius 2 is 2.00 bits per heavy atom. The van der Waals surface area contributed by atoms with Crippen LogP contribution < -0.4 is 9.62 Å². The minimum atomic E-state index is -1.74. The fourth-order valence-corrected chi connectivity index (χ4v) is 3.21. The number of hydrogen-bond acceptors (Lipinski definition) is 4. The summed E-state index contributed by atoms with van der Waals surface area (Å²) in [5, 5.41) is 0. The van der Waals surface area contributed by atoms with Crippen molar-refractivity contribution in [3.8, 4) is 0 Å². The molecule has 1 N–H and O–H groups in total. The highest BCUT2D eigenvalue weighted by Gasteiger charge is 2.22. The summed E-state index contributed by atoms with van der Waals surface area (Å²) in [5.74, 6) is -1.01. The zero-order chi connectivity index (χ0) is 15.6. The Morgan fingerprint density at radius 3 is 2.62 bits per heavy atom. The maximum atomic E-state index is 13.6. The SMILES string of the molecule is CN(C)c1ncc(Br)cc1[S+]([O-])Nc1ccc(F)cc1F. The molecule has 2 aromatic rings. The number of hydrogen-bond donors (Lipinski definition) is 1. The lowest BCUT2D eigenvalue weighted by Crippen LogP contribution is -2.20. The molecule has 0 bridgehead atoms. The average molecular weight is 376 g/mol. The average Bonchev–Trinajstić information content (AvgIpc) is 2.41. The van der Waals surface area contributed by atoms with E-state index in [-0.39, 0.29) is 5.69 Å². The molecule has 0 saturated carbocycles. The number of nitrogens with zero attached hydrogens (tertiary/aromatic N) is 2. The van der Waals surface area contributed by atoms with Crippen molar-refractivity contribution in [1.29, 1.82) is 0 Å². The van der Waals surface area contributed by atoms with Crippen LogP contribution >= 0.6 is 15.9 Å². The smallest absolute Gasteiger partial charge is 0.223 e. The molecule has 0 spiro atoms. The van der Waals surface area contributed by atoms with Crippen molar-refractivity contribution in [2.45, 2.75) is 4.90 Å². The lowest BCUT2D eigenvalue weighted by molar-refractivity contribution is 0.582. The van der Waals surface area contributed by atoms with Gasteiger partial charge in [0.15, 0.2) is 11.6 Å². The van der Waals surface area contributed by atoms with Crippen molar-refractivity contribution >= 4 is 38.8 Å². The van der Waals surface area contributed by atoms with Crippen molar-refractivity contribution in [2.75, 3.05) is 23.7 Å². The fourth-order valence-electron chi connectivity index (χ4n) is 1.61. The molecule has 1 aromatic heterocycles. The van der Waals surface area contributed by atoms with Gasteiger partial charge < -0.3 is 9.45 Å². The summed E-state index contributed by atoms with van der Waals surface area (Å²) >= 11 is 1.52. The van der Waals surface area contributed by atoms with Crippen LogP contribution in [0.15, 0.2) is 39.8 Å². The monoisotopic (exact) mass is 375 g/mol. The van der Waals surface area contributed by atoms with E-state index >= 15 is 0 Å². The van der Waals surface area contributed by atoms with Crippen LogP contribution in [0.1, 0.15) is 0 Å². The third-order valence-electron chi connectivity index (χ3n) is 2.56. The molecule has 112 valence electrons. The Labute approximate surface area is 132 Å². The van der Waals surface area contributed by atoms with Gasteiger partial charge in [0.25, 0.3) is 0 Å². The molecule has 1 unspecified atom stereocenters. The number of pyridine rings is 1. The minimum absolute atomic E-state index is 0.0422. The summed E-state index contributed by atoms with van der Waals surface area (Å²) in [5.41, 5.74) is -0.0422. The number of halogens is 3. The van der Waals surface area contributed by atoms with E-state index in [2.05, 4.69) is 25.6 Å². The van der Waals surface area contributed by atoms with E-state index in [0.717, 1.165) is 12.1 Å². The van der Waals surface area contributed by atoms with Gasteiger partial charge in [-0.25, -0.2) is 18.5 Å². The molecular formula is C13H12BrF2N3OS. The van der Waals surface area contributed by atoms with Gasteiger partial charge in [-0.1, -0.05) is 0 Å². The molecular weight excluding hydrogens is 364 g/mol. The van der Waals surface area contributed by atoms with Crippen LogP contribution in [0.25, 0.3) is 0 Å². The molecule has 0 saturated heterocycles. The molecule has 4 nitrogen and oxygen atoms in total. The fraction of sp³-hybridized carbons (Fsp3) is 0.154. The van der Waals surface area contributed by atoms with Crippen LogP contribution in [0.4, 0.5) is 20.3 Å². The second-order valence-corrected chi connectivity index (χ2v) is 6.46. The molecule has 0 aliphatic carbocycles. The van der Waals surface area contributed by atoms with Crippen LogP contribution in [-0.2, 0) is 11.4 Å². The van der Waals surface area contributed by atoms with E-state index in [1.165, 1.54) is 6.07 Å². The zero-order valence-corrected chi connectivity index (χ0v) is 13.6. The number of benzene rings is 1. The van der Waals surface area contributed by atoms with Crippen molar-refractivity contribution in [1.82, 2.24) is 4.98 Å². The highest BCUT2D eigenvalue weighted by atomic mass is 79.9. The predicted octanol–water partition coefficient (Wildman–Crippen LogP) is 3.32. The van der Waals surface area contributed by atoms with Gasteiger partial charge in [-0.05, 0) is 28.1 Å². The van der Waals surface area contributed by atoms with E-state index in [4.69, 9.17) is 0 Å². The highest BCUT2D eigenvalue weighted by Crippen LogP contribution is 2.27. The number of aromatic nitrogens is 1. The molecule has 1 heterocycles. The van der Waals surface area contributed by atoms with Gasteiger partial charge >= 0.3 is 0 Å². The van der Waals surface area contributed by atoms with Crippen LogP contribution in [-0.4, -0.2) is 23.6 Å². The molecule has 8 heteroatoms. The Hall–Kier alpha value is -1.38. The second-order valence-electron chi connectivity index (χ2n) is 4.36. The molecule has 2 rings (SSSR count). The lowest BCUT2D eigenvalue weighted by atomic mass is 10.3. The number of rotatable bonds is 4. The minimum Gasteiger partial charge on any atom is -0.588 e. The Morgan fingerprint density at radius 1 is 1.29 bits per heavy atom. The first kappa shape index (κ1) is 16.0. The second kappa shape index (κ2) is 6.59. The largest absolute Gasteiger partial charge is 0.588 e. The Balaban J connectivity index is 2.31. The summed E-state index contributed by atoms with van der Waals surface area (Å²) in [7, 11) is 3.52. The van der Waals surface area contributed by atoms with Gasteiger partial charge in [0.2, 0.25) is 4.90 Å². The molecule has 0 aliphatic rings. The van der Waals surface area contributed by atoms with E-state index in [0.29, 0.717) is 15.2 Å². The first-order valence-electron chi connectivity index (χ1n) is 5.85. The molecule has 0 radical (unpaired) electrons. The van der Waals surface area contributed by atoms with Crippen molar-refractivity contribution in [3.05, 3.63) is 46.6 Å². The first-order valence-corrected chi connectivity index (χ1v) is 7.79. The summed E-state index contributed by atoms with van der Waals surface area (Å²) in [6, 6.07) is 4.65. The normalized spacial score (nSPS) is 12.1. The van der Waals surface area contributed by atoms with Crippen molar-refractivity contribution in [2.24, 2.45) is 0 Å². The van der Waals surface area contributed by atoms with Gasteiger partial charge in [-0.15, -0.1) is 0 Å². The predicted molar refractivity (Wildman–Crippen MR) is 82.7 cm³/mol. The molecule has 1 atom stereocenters. The third-order valence-corrected chi connectivity index (χ3v) is 4.10. The molecule has 0 amide bonds. The van der Waals surface area contributed by atoms with Crippen LogP contribution in [0.5, 0.6) is 0 Å². The zero-order valence-electron chi connectivity index (χ0n) is 11.2. The van der Waals surface area contributed by atoms with Crippen LogP contribution in [0.3, 0.4) is 0 Å². The van der Waals surface area contributed by atoms with Gasteiger partial charge in [0.05, 0.1) is 0 Å². The van der Waals surface area contributed by atoms with Crippen molar-refractivity contribution < 1.29 is 13.3 Å². The van der Waals surface area contributed by atoms with Crippen LogP contribution in [0, 0.1) is 11.6 Å². The number of anilines is 2. The lowest BCUT2D eigenvalue weighted by Gasteiger charge is -2.18. The van der Waals surface area contributed by atoms with Gasteiger partial charge in [-0.2, -0.15) is 0 Å². The quantitative estimate of drug-likeness (QED) is 0.832. The first-order chi connectivity index (χ1) is 9.88. The summed E-state index contributed by atoms with van der Waals surface area (Å²) in [4.78, 5) is 6.25. The highest BCUT2D eigenvalue weighted by molar-refractivity contribution is 9.10. The maximum Gasteiger partial charge on any atom is 0.223 e. The molecule has 1 aromatic carbocycles. The number of nitrogens with one attached hydrogen (secondary N) is 1. The third kappa shape index (κ3) is 3.84. The topological polar surface area (TPSA) is 51.2 Å². The van der Waals surface area contributed by atoms with Crippen molar-refractivity contribution in [3.63, 3.8) is 0 Å². The van der Waals surface area contributed by atoms with Gasteiger partial charge in [0, 0.05) is 36.9 Å². The molecule has 21 heavy (non-hydrogen) atoms. The summed E-state index contributed by atoms with van der Waals surface area (Å²) in [6.45, 7) is 0.